The number of hydrogen-bond donors (Lipinski definition) is 2. The minimum Gasteiger partial charge on any atom is -0.486 e. The van der Waals surface area contributed by atoms with Crippen LogP contribution in [0.1, 0.15) is 12.6 Å². The van der Waals surface area contributed by atoms with Gasteiger partial charge in [0, 0.05) is 18.0 Å². The van der Waals surface area contributed by atoms with Crippen molar-refractivity contribution in [1.82, 2.24) is 15.6 Å². The third-order valence-corrected chi connectivity index (χ3v) is 4.89. The second kappa shape index (κ2) is 11.7. The van der Waals surface area contributed by atoms with E-state index in [2.05, 4.69) is 20.6 Å². The molecule has 3 rings (SSSR count). The van der Waals surface area contributed by atoms with Crippen molar-refractivity contribution in [3.63, 3.8) is 0 Å². The zero-order valence-electron chi connectivity index (χ0n) is 16.3. The van der Waals surface area contributed by atoms with E-state index in [9.17, 15) is 4.39 Å². The molecule has 2 aromatic carbocycles. The van der Waals surface area contributed by atoms with Gasteiger partial charge in [-0.15, -0.1) is 35.3 Å². The van der Waals surface area contributed by atoms with Crippen LogP contribution in [0.3, 0.4) is 0 Å². The number of guanidine groups is 1. The van der Waals surface area contributed by atoms with Gasteiger partial charge in [0.2, 0.25) is 0 Å². The van der Waals surface area contributed by atoms with Crippen molar-refractivity contribution in [1.29, 1.82) is 0 Å². The average Bonchev–Trinajstić information content (AvgIpc) is 3.20. The van der Waals surface area contributed by atoms with Gasteiger partial charge < -0.3 is 15.4 Å². The van der Waals surface area contributed by atoms with E-state index in [1.54, 1.807) is 36.6 Å². The van der Waals surface area contributed by atoms with Gasteiger partial charge in [-0.05, 0) is 19.1 Å². The van der Waals surface area contributed by atoms with Gasteiger partial charge in [0.25, 0.3) is 0 Å². The molecule has 0 aliphatic carbocycles. The molecular weight excluding hydrogens is 502 g/mol. The summed E-state index contributed by atoms with van der Waals surface area (Å²) in [5, 5.41) is 9.45. The summed E-state index contributed by atoms with van der Waals surface area (Å²) in [6.07, 6.45) is -0.223. The van der Waals surface area contributed by atoms with Crippen LogP contribution in [0.25, 0.3) is 10.6 Å². The monoisotopic (exact) mass is 526 g/mol. The zero-order chi connectivity index (χ0) is 19.8. The Labute approximate surface area is 191 Å². The largest absolute Gasteiger partial charge is 0.486 e. The van der Waals surface area contributed by atoms with E-state index < -0.39 is 0 Å². The molecule has 0 aliphatic rings. The summed E-state index contributed by atoms with van der Waals surface area (Å²) in [7, 11) is 1.70. The van der Waals surface area contributed by atoms with Crippen molar-refractivity contribution >= 4 is 41.3 Å². The molecule has 5 nitrogen and oxygen atoms in total. The molecule has 0 aliphatic heterocycles. The Bertz CT molecular complexity index is 920. The van der Waals surface area contributed by atoms with Crippen LogP contribution in [0.4, 0.5) is 4.39 Å². The van der Waals surface area contributed by atoms with Crippen LogP contribution in [0.5, 0.6) is 5.75 Å². The highest BCUT2D eigenvalue weighted by Gasteiger charge is 2.09. The molecule has 0 radical (unpaired) electrons. The molecule has 8 heteroatoms. The lowest BCUT2D eigenvalue weighted by Gasteiger charge is -2.17. The maximum Gasteiger partial charge on any atom is 0.191 e. The highest BCUT2D eigenvalue weighted by Crippen LogP contribution is 2.23. The predicted octanol–water partition coefficient (Wildman–Crippen LogP) is 4.70. The number of thiazole rings is 1. The third-order valence-electron chi connectivity index (χ3n) is 3.95. The number of aromatic nitrogens is 1. The minimum atomic E-state index is -0.366. The Balaban J connectivity index is 0.00000300. The van der Waals surface area contributed by atoms with Gasteiger partial charge in [-0.3, -0.25) is 4.99 Å². The summed E-state index contributed by atoms with van der Waals surface area (Å²) in [4.78, 5) is 8.86. The fourth-order valence-corrected chi connectivity index (χ4v) is 3.36. The number of benzene rings is 2. The molecule has 1 atom stereocenters. The molecule has 0 spiro atoms. The van der Waals surface area contributed by atoms with Crippen molar-refractivity contribution in [2.75, 3.05) is 13.6 Å². The van der Waals surface area contributed by atoms with Gasteiger partial charge in [0.15, 0.2) is 17.5 Å². The molecule has 3 aromatic rings. The van der Waals surface area contributed by atoms with Gasteiger partial charge in [-0.25, -0.2) is 9.37 Å². The molecule has 0 bridgehead atoms. The van der Waals surface area contributed by atoms with Gasteiger partial charge >= 0.3 is 0 Å². The fourth-order valence-electron chi connectivity index (χ4n) is 2.54. The summed E-state index contributed by atoms with van der Waals surface area (Å²) in [5.74, 6) is 0.517. The molecule has 0 amide bonds. The molecule has 0 saturated carbocycles. The number of nitrogens with zero attached hydrogens (tertiary/aromatic N) is 2. The van der Waals surface area contributed by atoms with Crippen LogP contribution in [0, 0.1) is 5.82 Å². The Kier molecular flexibility index (Phi) is 9.33. The minimum absolute atomic E-state index is 0. The van der Waals surface area contributed by atoms with Crippen molar-refractivity contribution in [2.45, 2.75) is 19.6 Å². The smallest absolute Gasteiger partial charge is 0.191 e. The van der Waals surface area contributed by atoms with Gasteiger partial charge in [-0.2, -0.15) is 0 Å². The van der Waals surface area contributed by atoms with Crippen LogP contribution >= 0.6 is 35.3 Å². The number of para-hydroxylation sites is 1. The summed E-state index contributed by atoms with van der Waals surface area (Å²) >= 11 is 1.62. The highest BCUT2D eigenvalue weighted by atomic mass is 127. The second-order valence-corrected chi connectivity index (χ2v) is 7.03. The van der Waals surface area contributed by atoms with E-state index >= 15 is 0 Å². The Morgan fingerprint density at radius 2 is 1.86 bits per heavy atom. The quantitative estimate of drug-likeness (QED) is 0.266. The SMILES string of the molecule is CN=C(NCc1csc(-c2ccccc2)n1)NCC(C)Oc1ccccc1F.I. The maximum absolute atomic E-state index is 13.7. The first kappa shape index (κ1) is 23.1. The molecule has 0 saturated heterocycles. The van der Waals surface area contributed by atoms with Gasteiger partial charge in [0.1, 0.15) is 11.1 Å². The van der Waals surface area contributed by atoms with Crippen molar-refractivity contribution in [3.8, 4) is 16.3 Å². The highest BCUT2D eigenvalue weighted by molar-refractivity contribution is 14.0. The standard InChI is InChI=1S/C21H23FN4OS.HI/c1-15(27-19-11-7-6-10-18(19)22)12-24-21(23-2)25-13-17-14-28-20(26-17)16-8-4-3-5-9-16;/h3-11,14-15H,12-13H2,1-2H3,(H2,23,24,25);1H. The first-order chi connectivity index (χ1) is 13.7. The number of ether oxygens (including phenoxy) is 1. The molecule has 29 heavy (non-hydrogen) atoms. The van der Waals surface area contributed by atoms with Crippen LogP contribution in [-0.2, 0) is 6.54 Å². The Morgan fingerprint density at radius 1 is 1.14 bits per heavy atom. The zero-order valence-corrected chi connectivity index (χ0v) is 19.4. The van der Waals surface area contributed by atoms with E-state index in [4.69, 9.17) is 4.74 Å². The lowest BCUT2D eigenvalue weighted by molar-refractivity contribution is 0.214. The molecule has 0 fully saturated rings. The normalized spacial score (nSPS) is 12.0. The Morgan fingerprint density at radius 3 is 2.59 bits per heavy atom. The van der Waals surface area contributed by atoms with Crippen molar-refractivity contribution in [3.05, 3.63) is 71.5 Å². The van der Waals surface area contributed by atoms with E-state index in [0.29, 0.717) is 19.0 Å². The third kappa shape index (κ3) is 6.97. The Hall–Kier alpha value is -2.20. The first-order valence-electron chi connectivity index (χ1n) is 9.01. The topological polar surface area (TPSA) is 58.5 Å². The first-order valence-corrected chi connectivity index (χ1v) is 9.89. The summed E-state index contributed by atoms with van der Waals surface area (Å²) in [6.45, 7) is 2.92. The van der Waals surface area contributed by atoms with Crippen LogP contribution in [-0.4, -0.2) is 30.6 Å². The van der Waals surface area contributed by atoms with Gasteiger partial charge in [0.05, 0.1) is 18.8 Å². The summed E-state index contributed by atoms with van der Waals surface area (Å²) in [5.41, 5.74) is 2.06. The van der Waals surface area contributed by atoms with Crippen molar-refractivity contribution in [2.24, 2.45) is 4.99 Å². The molecule has 1 heterocycles. The number of hydrogen-bond acceptors (Lipinski definition) is 4. The molecule has 2 N–H and O–H groups in total. The average molecular weight is 526 g/mol. The molecule has 154 valence electrons. The van der Waals surface area contributed by atoms with E-state index in [1.807, 2.05) is 42.6 Å². The summed E-state index contributed by atoms with van der Waals surface area (Å²) < 4.78 is 19.3. The second-order valence-electron chi connectivity index (χ2n) is 6.18. The van der Waals surface area contributed by atoms with E-state index in [1.165, 1.54) is 6.07 Å². The number of halogens is 2. The van der Waals surface area contributed by atoms with E-state index in [0.717, 1.165) is 16.3 Å². The van der Waals surface area contributed by atoms with Crippen LogP contribution in [0.2, 0.25) is 0 Å². The maximum atomic E-state index is 13.7. The van der Waals surface area contributed by atoms with Crippen LogP contribution in [0.15, 0.2) is 65.0 Å². The molecule has 1 aromatic heterocycles. The lowest BCUT2D eigenvalue weighted by Crippen LogP contribution is -2.41. The molecular formula is C21H24FIN4OS. The van der Waals surface area contributed by atoms with Crippen LogP contribution < -0.4 is 15.4 Å². The number of aliphatic imine (C=N–C) groups is 1. The summed E-state index contributed by atoms with van der Waals surface area (Å²) in [6, 6.07) is 16.5. The van der Waals surface area contributed by atoms with Gasteiger partial charge in [-0.1, -0.05) is 42.5 Å². The predicted molar refractivity (Wildman–Crippen MR) is 128 cm³/mol. The number of rotatable bonds is 7. The van der Waals surface area contributed by atoms with Crippen molar-refractivity contribution < 1.29 is 9.13 Å². The number of nitrogens with one attached hydrogen (secondary N) is 2. The lowest BCUT2D eigenvalue weighted by atomic mass is 10.2. The van der Waals surface area contributed by atoms with E-state index in [-0.39, 0.29) is 41.6 Å². The fraction of sp³-hybridized carbons (Fsp3) is 0.238. The molecule has 1 unspecified atom stereocenters.